The molecular formula is C18H15N3O2. The van der Waals surface area contributed by atoms with E-state index in [0.29, 0.717) is 0 Å². The molecule has 2 aromatic heterocycles. The molecule has 3 N–H and O–H groups in total. The van der Waals surface area contributed by atoms with E-state index in [2.05, 4.69) is 28.1 Å². The first-order valence-electron chi connectivity index (χ1n) is 7.28. The van der Waals surface area contributed by atoms with E-state index in [4.69, 9.17) is 9.40 Å². The Morgan fingerprint density at radius 2 is 1.78 bits per heavy atom. The minimum absolute atomic E-state index is 0. The van der Waals surface area contributed by atoms with E-state index in [1.54, 1.807) is 6.26 Å². The number of hydrogen-bond acceptors (Lipinski definition) is 3. The van der Waals surface area contributed by atoms with Gasteiger partial charge in [-0.15, -0.1) is 0 Å². The predicted octanol–water partition coefficient (Wildman–Crippen LogP) is 3.44. The molecule has 2 aromatic carbocycles. The number of rotatable bonds is 1. The van der Waals surface area contributed by atoms with E-state index in [1.165, 1.54) is 0 Å². The Hall–Kier alpha value is -3.05. The summed E-state index contributed by atoms with van der Waals surface area (Å²) in [6.45, 7) is 0. The number of imidazole rings is 1. The van der Waals surface area contributed by atoms with Crippen LogP contribution in [0.4, 0.5) is 5.69 Å². The molecule has 0 saturated carbocycles. The fourth-order valence-electron chi connectivity index (χ4n) is 3.16. The van der Waals surface area contributed by atoms with E-state index in [-0.39, 0.29) is 11.6 Å². The smallest absolute Gasteiger partial charge is 0.165 e. The SMILES string of the molecule is O.c1coc(C2Nc3ccccc3-c3nc4ccccc4n32)c1. The molecule has 0 aliphatic carbocycles. The Balaban J connectivity index is 0.00000135. The van der Waals surface area contributed by atoms with Crippen molar-refractivity contribution in [3.63, 3.8) is 0 Å². The third kappa shape index (κ3) is 1.87. The van der Waals surface area contributed by atoms with Gasteiger partial charge in [0.25, 0.3) is 0 Å². The zero-order valence-corrected chi connectivity index (χ0v) is 12.2. The fourth-order valence-corrected chi connectivity index (χ4v) is 3.16. The summed E-state index contributed by atoms with van der Waals surface area (Å²) < 4.78 is 7.86. The Bertz CT molecular complexity index is 973. The van der Waals surface area contributed by atoms with Crippen LogP contribution < -0.4 is 5.32 Å². The monoisotopic (exact) mass is 305 g/mol. The quantitative estimate of drug-likeness (QED) is 0.585. The maximum Gasteiger partial charge on any atom is 0.165 e. The number of nitrogens with one attached hydrogen (secondary N) is 1. The minimum Gasteiger partial charge on any atom is -0.465 e. The maximum atomic E-state index is 5.65. The maximum absolute atomic E-state index is 5.65. The van der Waals surface area contributed by atoms with Gasteiger partial charge in [-0.3, -0.25) is 4.57 Å². The molecule has 0 radical (unpaired) electrons. The number of benzene rings is 2. The summed E-state index contributed by atoms with van der Waals surface area (Å²) in [5.41, 5.74) is 4.28. The number of fused-ring (bicyclic) bond motifs is 5. The second-order valence-electron chi connectivity index (χ2n) is 5.40. The molecule has 1 aliphatic heterocycles. The summed E-state index contributed by atoms with van der Waals surface area (Å²) in [4.78, 5) is 4.84. The second-order valence-corrected chi connectivity index (χ2v) is 5.40. The van der Waals surface area contributed by atoms with Crippen LogP contribution in [0.1, 0.15) is 11.9 Å². The molecule has 5 nitrogen and oxygen atoms in total. The first-order chi connectivity index (χ1) is 10.9. The van der Waals surface area contributed by atoms with Gasteiger partial charge in [0.05, 0.1) is 17.3 Å². The Labute approximate surface area is 132 Å². The van der Waals surface area contributed by atoms with E-state index in [0.717, 1.165) is 33.9 Å². The van der Waals surface area contributed by atoms with Gasteiger partial charge in [0.1, 0.15) is 11.6 Å². The first-order valence-corrected chi connectivity index (χ1v) is 7.28. The van der Waals surface area contributed by atoms with Crippen LogP contribution in [-0.4, -0.2) is 15.0 Å². The van der Waals surface area contributed by atoms with E-state index < -0.39 is 0 Å². The molecule has 1 atom stereocenters. The zero-order chi connectivity index (χ0) is 14.5. The molecule has 0 bridgehead atoms. The van der Waals surface area contributed by atoms with Gasteiger partial charge in [-0.05, 0) is 36.4 Å². The summed E-state index contributed by atoms with van der Waals surface area (Å²) in [7, 11) is 0. The van der Waals surface area contributed by atoms with E-state index in [1.807, 2.05) is 42.5 Å². The van der Waals surface area contributed by atoms with Crippen LogP contribution in [0.25, 0.3) is 22.4 Å². The Morgan fingerprint density at radius 1 is 0.957 bits per heavy atom. The summed E-state index contributed by atoms with van der Waals surface area (Å²) in [5, 5.41) is 3.56. The fraction of sp³-hybridized carbons (Fsp3) is 0.0556. The van der Waals surface area contributed by atoms with Gasteiger partial charge in [-0.2, -0.15) is 0 Å². The van der Waals surface area contributed by atoms with E-state index >= 15 is 0 Å². The van der Waals surface area contributed by atoms with Crippen LogP contribution in [-0.2, 0) is 0 Å². The van der Waals surface area contributed by atoms with Gasteiger partial charge in [-0.25, -0.2) is 4.98 Å². The molecule has 23 heavy (non-hydrogen) atoms. The van der Waals surface area contributed by atoms with Crippen LogP contribution in [0.5, 0.6) is 0 Å². The van der Waals surface area contributed by atoms with Gasteiger partial charge in [0, 0.05) is 11.3 Å². The van der Waals surface area contributed by atoms with Crippen LogP contribution in [0, 0.1) is 0 Å². The lowest BCUT2D eigenvalue weighted by atomic mass is 10.1. The normalized spacial score (nSPS) is 15.4. The largest absolute Gasteiger partial charge is 0.465 e. The molecule has 5 heteroatoms. The van der Waals surface area contributed by atoms with Crippen molar-refractivity contribution >= 4 is 16.7 Å². The molecule has 4 aromatic rings. The van der Waals surface area contributed by atoms with Crippen molar-refractivity contribution in [2.75, 3.05) is 5.32 Å². The Morgan fingerprint density at radius 3 is 2.65 bits per heavy atom. The lowest BCUT2D eigenvalue weighted by molar-refractivity contribution is 0.456. The number of furan rings is 1. The molecule has 0 spiro atoms. The minimum atomic E-state index is -0.0905. The lowest BCUT2D eigenvalue weighted by Gasteiger charge is -2.28. The number of hydrogen-bond donors (Lipinski definition) is 1. The van der Waals surface area contributed by atoms with Crippen LogP contribution in [0.2, 0.25) is 0 Å². The van der Waals surface area contributed by atoms with E-state index in [9.17, 15) is 0 Å². The molecular weight excluding hydrogens is 290 g/mol. The highest BCUT2D eigenvalue weighted by Gasteiger charge is 2.29. The average Bonchev–Trinajstić information content (AvgIpc) is 3.22. The van der Waals surface area contributed by atoms with Crippen molar-refractivity contribution in [1.29, 1.82) is 0 Å². The summed E-state index contributed by atoms with van der Waals surface area (Å²) in [6.07, 6.45) is 1.61. The first kappa shape index (κ1) is 13.6. The topological polar surface area (TPSA) is 74.5 Å². The van der Waals surface area contributed by atoms with Gasteiger partial charge >= 0.3 is 0 Å². The van der Waals surface area contributed by atoms with Crippen molar-refractivity contribution in [2.45, 2.75) is 6.17 Å². The summed E-state index contributed by atoms with van der Waals surface area (Å²) in [5.74, 6) is 1.84. The third-order valence-electron chi connectivity index (χ3n) is 4.13. The lowest BCUT2D eigenvalue weighted by Crippen LogP contribution is -2.24. The van der Waals surface area contributed by atoms with Gasteiger partial charge in [0.2, 0.25) is 0 Å². The molecule has 1 unspecified atom stereocenters. The molecule has 0 amide bonds. The standard InChI is InChI=1S/C18H13N3O.H2O/c1-2-7-13-12(6-1)17-20-14-8-3-4-9-15(14)21(17)18(19-13)16-10-5-11-22-16;/h1-11,18-19H;1H2. The predicted molar refractivity (Wildman–Crippen MR) is 89.3 cm³/mol. The highest BCUT2D eigenvalue weighted by Crippen LogP contribution is 2.40. The van der Waals surface area contributed by atoms with Crippen molar-refractivity contribution < 1.29 is 9.89 Å². The van der Waals surface area contributed by atoms with Crippen molar-refractivity contribution in [3.8, 4) is 11.4 Å². The van der Waals surface area contributed by atoms with Gasteiger partial charge in [0.15, 0.2) is 6.17 Å². The number of para-hydroxylation sites is 3. The highest BCUT2D eigenvalue weighted by atomic mass is 16.3. The van der Waals surface area contributed by atoms with Crippen LogP contribution in [0.3, 0.4) is 0 Å². The summed E-state index contributed by atoms with van der Waals surface area (Å²) >= 11 is 0. The average molecular weight is 305 g/mol. The number of anilines is 1. The molecule has 5 rings (SSSR count). The highest BCUT2D eigenvalue weighted by molar-refractivity contribution is 5.86. The summed E-state index contributed by atoms with van der Waals surface area (Å²) in [6, 6.07) is 20.3. The number of aromatic nitrogens is 2. The third-order valence-corrected chi connectivity index (χ3v) is 4.13. The molecule has 3 heterocycles. The second kappa shape index (κ2) is 5.00. The number of nitrogens with zero attached hydrogens (tertiary/aromatic N) is 2. The Kier molecular flexibility index (Phi) is 2.96. The van der Waals surface area contributed by atoms with Crippen molar-refractivity contribution in [1.82, 2.24) is 9.55 Å². The van der Waals surface area contributed by atoms with Crippen LogP contribution in [0.15, 0.2) is 71.3 Å². The molecule has 0 saturated heterocycles. The van der Waals surface area contributed by atoms with Crippen LogP contribution >= 0.6 is 0 Å². The molecule has 114 valence electrons. The van der Waals surface area contributed by atoms with Crippen molar-refractivity contribution in [2.24, 2.45) is 0 Å². The molecule has 1 aliphatic rings. The van der Waals surface area contributed by atoms with Gasteiger partial charge in [-0.1, -0.05) is 24.3 Å². The zero-order valence-electron chi connectivity index (χ0n) is 12.2. The van der Waals surface area contributed by atoms with Gasteiger partial charge < -0.3 is 15.2 Å². The molecule has 0 fully saturated rings. The van der Waals surface area contributed by atoms with Crippen molar-refractivity contribution in [3.05, 3.63) is 72.7 Å².